The number of nitrogens with zero attached hydrogens (tertiary/aromatic N) is 2. The van der Waals surface area contributed by atoms with E-state index in [1.54, 1.807) is 12.1 Å². The van der Waals surface area contributed by atoms with Gasteiger partial charge in [0.1, 0.15) is 12.0 Å². The molecule has 24 heavy (non-hydrogen) atoms. The molecule has 2 aliphatic rings. The van der Waals surface area contributed by atoms with Crippen LogP contribution in [0.25, 0.3) is 0 Å². The van der Waals surface area contributed by atoms with E-state index in [0.717, 1.165) is 37.1 Å². The molecule has 2 heterocycles. The van der Waals surface area contributed by atoms with Gasteiger partial charge in [-0.15, -0.1) is 0 Å². The minimum absolute atomic E-state index is 0.0501. The van der Waals surface area contributed by atoms with Crippen molar-refractivity contribution < 1.29 is 9.18 Å². The van der Waals surface area contributed by atoms with E-state index in [4.69, 9.17) is 0 Å². The van der Waals surface area contributed by atoms with Crippen LogP contribution < -0.4 is 4.90 Å². The van der Waals surface area contributed by atoms with Crippen LogP contribution in [0.15, 0.2) is 48.5 Å². The lowest BCUT2D eigenvalue weighted by Gasteiger charge is -2.30. The van der Waals surface area contributed by atoms with Crippen LogP contribution in [0.2, 0.25) is 0 Å². The van der Waals surface area contributed by atoms with Gasteiger partial charge in [-0.25, -0.2) is 4.39 Å². The van der Waals surface area contributed by atoms with Gasteiger partial charge in [0, 0.05) is 12.2 Å². The molecule has 0 radical (unpaired) electrons. The number of carbonyl (C=O) groups is 1. The first kappa shape index (κ1) is 15.3. The monoisotopic (exact) mass is 324 g/mol. The molecule has 2 fully saturated rings. The highest BCUT2D eigenvalue weighted by Gasteiger charge is 2.49. The van der Waals surface area contributed by atoms with Gasteiger partial charge in [0.2, 0.25) is 5.91 Å². The molecule has 124 valence electrons. The third-order valence-corrected chi connectivity index (χ3v) is 5.17. The Morgan fingerprint density at radius 3 is 2.46 bits per heavy atom. The zero-order chi connectivity index (χ0) is 16.7. The van der Waals surface area contributed by atoms with Crippen LogP contribution in [0, 0.1) is 5.82 Å². The van der Waals surface area contributed by atoms with Crippen molar-refractivity contribution in [2.45, 2.75) is 38.4 Å². The first-order valence-corrected chi connectivity index (χ1v) is 8.62. The third kappa shape index (κ3) is 2.42. The lowest BCUT2D eigenvalue weighted by molar-refractivity contribution is -0.119. The van der Waals surface area contributed by atoms with Crippen molar-refractivity contribution in [3.63, 3.8) is 0 Å². The van der Waals surface area contributed by atoms with Gasteiger partial charge in [0.05, 0.1) is 6.04 Å². The van der Waals surface area contributed by atoms with Crippen molar-refractivity contribution >= 4 is 11.6 Å². The summed E-state index contributed by atoms with van der Waals surface area (Å²) in [7, 11) is 0. The summed E-state index contributed by atoms with van der Waals surface area (Å²) < 4.78 is 13.3. The van der Waals surface area contributed by atoms with E-state index < -0.39 is 0 Å². The normalized spacial score (nSPS) is 23.8. The molecule has 2 aliphatic heterocycles. The van der Waals surface area contributed by atoms with Crippen molar-refractivity contribution in [1.82, 2.24) is 4.90 Å². The number of amides is 1. The van der Waals surface area contributed by atoms with Crippen molar-refractivity contribution in [3.8, 4) is 0 Å². The standard InChI is InChI=1S/C20H21FN2O/c1-2-14-5-7-15(8-6-14)19-22-13-3-4-18(22)20(24)23(19)17-11-9-16(21)10-12-17/h5-12,18-19H,2-4,13H2,1H3/t18-,19+/m0/s1. The predicted molar refractivity (Wildman–Crippen MR) is 92.2 cm³/mol. The molecule has 0 N–H and O–H groups in total. The molecule has 2 aromatic carbocycles. The fraction of sp³-hybridized carbons (Fsp3) is 0.350. The molecule has 0 unspecified atom stereocenters. The largest absolute Gasteiger partial charge is 0.291 e. The predicted octanol–water partition coefficient (Wildman–Crippen LogP) is 3.90. The van der Waals surface area contributed by atoms with Gasteiger partial charge < -0.3 is 0 Å². The number of halogens is 1. The first-order chi connectivity index (χ1) is 11.7. The Bertz CT molecular complexity index is 741. The van der Waals surface area contributed by atoms with Crippen molar-refractivity contribution in [3.05, 3.63) is 65.5 Å². The van der Waals surface area contributed by atoms with Gasteiger partial charge in [0.25, 0.3) is 0 Å². The van der Waals surface area contributed by atoms with E-state index >= 15 is 0 Å². The molecule has 3 nitrogen and oxygen atoms in total. The lowest BCUT2D eigenvalue weighted by Crippen LogP contribution is -2.32. The number of fused-ring (bicyclic) bond motifs is 1. The third-order valence-electron chi connectivity index (χ3n) is 5.17. The molecular weight excluding hydrogens is 303 g/mol. The van der Waals surface area contributed by atoms with E-state index in [1.165, 1.54) is 17.7 Å². The minimum atomic E-state index is -0.283. The molecule has 2 aromatic rings. The van der Waals surface area contributed by atoms with E-state index in [1.807, 2.05) is 4.90 Å². The first-order valence-electron chi connectivity index (χ1n) is 8.62. The summed E-state index contributed by atoms with van der Waals surface area (Å²) >= 11 is 0. The SMILES string of the molecule is CCc1ccc([C@H]2N(c3ccc(F)cc3)C(=O)[C@@H]3CCCN32)cc1. The van der Waals surface area contributed by atoms with Crippen molar-refractivity contribution in [2.24, 2.45) is 0 Å². The van der Waals surface area contributed by atoms with Gasteiger partial charge in [-0.05, 0) is 54.7 Å². The second-order valence-corrected chi connectivity index (χ2v) is 6.55. The van der Waals surface area contributed by atoms with E-state index in [9.17, 15) is 9.18 Å². The Hall–Kier alpha value is -2.20. The Labute approximate surface area is 141 Å². The Morgan fingerprint density at radius 1 is 1.08 bits per heavy atom. The Morgan fingerprint density at radius 2 is 1.79 bits per heavy atom. The number of carbonyl (C=O) groups excluding carboxylic acids is 1. The van der Waals surface area contributed by atoms with Gasteiger partial charge in [-0.2, -0.15) is 0 Å². The van der Waals surface area contributed by atoms with Crippen LogP contribution in [0.4, 0.5) is 10.1 Å². The fourth-order valence-corrected chi connectivity index (χ4v) is 3.91. The van der Waals surface area contributed by atoms with Crippen LogP contribution >= 0.6 is 0 Å². The minimum Gasteiger partial charge on any atom is -0.291 e. The molecule has 2 atom stereocenters. The average Bonchev–Trinajstić information content (AvgIpc) is 3.18. The maximum absolute atomic E-state index is 13.3. The summed E-state index contributed by atoms with van der Waals surface area (Å²) in [6.45, 7) is 3.06. The summed E-state index contributed by atoms with van der Waals surface area (Å²) in [6, 6.07) is 14.7. The number of hydrogen-bond donors (Lipinski definition) is 0. The second kappa shape index (κ2) is 6.02. The number of aryl methyl sites for hydroxylation is 1. The van der Waals surface area contributed by atoms with Crippen LogP contribution in [0.3, 0.4) is 0 Å². The average molecular weight is 324 g/mol. The maximum atomic E-state index is 13.3. The Kier molecular flexibility index (Phi) is 3.85. The lowest BCUT2D eigenvalue weighted by atomic mass is 10.1. The number of hydrogen-bond acceptors (Lipinski definition) is 2. The molecule has 0 bridgehead atoms. The smallest absolute Gasteiger partial charge is 0.246 e. The maximum Gasteiger partial charge on any atom is 0.246 e. The number of rotatable bonds is 3. The zero-order valence-corrected chi connectivity index (χ0v) is 13.8. The van der Waals surface area contributed by atoms with Crippen LogP contribution in [-0.2, 0) is 11.2 Å². The summed E-state index contributed by atoms with van der Waals surface area (Å²) in [6.07, 6.45) is 2.86. The molecule has 1 amide bonds. The van der Waals surface area contributed by atoms with Gasteiger partial charge in [-0.3, -0.25) is 14.6 Å². The van der Waals surface area contributed by atoms with Crippen molar-refractivity contribution in [1.29, 1.82) is 0 Å². The van der Waals surface area contributed by atoms with Gasteiger partial charge in [0.15, 0.2) is 0 Å². The van der Waals surface area contributed by atoms with Crippen LogP contribution in [0.1, 0.15) is 37.1 Å². The second-order valence-electron chi connectivity index (χ2n) is 6.55. The number of anilines is 1. The van der Waals surface area contributed by atoms with E-state index in [-0.39, 0.29) is 23.9 Å². The number of benzene rings is 2. The molecule has 0 spiro atoms. The summed E-state index contributed by atoms with van der Waals surface area (Å²) in [4.78, 5) is 17.1. The molecule has 2 saturated heterocycles. The Balaban J connectivity index is 1.76. The highest BCUT2D eigenvalue weighted by molar-refractivity contribution is 6.00. The van der Waals surface area contributed by atoms with Gasteiger partial charge >= 0.3 is 0 Å². The molecule has 0 saturated carbocycles. The quantitative estimate of drug-likeness (QED) is 0.855. The molecular formula is C20H21FN2O. The van der Waals surface area contributed by atoms with Crippen molar-refractivity contribution in [2.75, 3.05) is 11.4 Å². The van der Waals surface area contributed by atoms with Gasteiger partial charge in [-0.1, -0.05) is 31.2 Å². The molecule has 4 rings (SSSR count). The summed E-state index contributed by atoms with van der Waals surface area (Å²) in [5.41, 5.74) is 3.17. The highest BCUT2D eigenvalue weighted by atomic mass is 19.1. The van der Waals surface area contributed by atoms with Crippen LogP contribution in [0.5, 0.6) is 0 Å². The summed E-state index contributed by atoms with van der Waals surface area (Å²) in [5.74, 6) is -0.154. The molecule has 0 aliphatic carbocycles. The van der Waals surface area contributed by atoms with Crippen LogP contribution in [-0.4, -0.2) is 23.4 Å². The fourth-order valence-electron chi connectivity index (χ4n) is 3.91. The highest BCUT2D eigenvalue weighted by Crippen LogP contribution is 2.42. The van der Waals surface area contributed by atoms with E-state index in [0.29, 0.717) is 0 Å². The topological polar surface area (TPSA) is 23.6 Å². The molecule has 4 heteroatoms. The van der Waals surface area contributed by atoms with E-state index in [2.05, 4.69) is 36.1 Å². The summed E-state index contributed by atoms with van der Waals surface area (Å²) in [5, 5.41) is 0. The zero-order valence-electron chi connectivity index (χ0n) is 13.8. The molecule has 0 aromatic heterocycles.